The molecular formula is C21H20N2O6. The van der Waals surface area contributed by atoms with Crippen molar-refractivity contribution in [1.82, 2.24) is 4.98 Å². The second kappa shape index (κ2) is 11.2. The fraction of sp³-hybridized carbons (Fsp3) is 0.143. The van der Waals surface area contributed by atoms with E-state index < -0.39 is 23.8 Å². The quantitative estimate of drug-likeness (QED) is 0.471. The number of para-hydroxylation sites is 1. The highest BCUT2D eigenvalue weighted by molar-refractivity contribution is 5.90. The van der Waals surface area contributed by atoms with E-state index in [1.807, 2.05) is 35.2 Å². The molecule has 150 valence electrons. The molecule has 1 atom stereocenters. The molecule has 0 amide bonds. The fourth-order valence-electron chi connectivity index (χ4n) is 2.23. The van der Waals surface area contributed by atoms with Gasteiger partial charge in [0.25, 0.3) is 0 Å². The average Bonchev–Trinajstić information content (AvgIpc) is 2.74. The lowest BCUT2D eigenvalue weighted by atomic mass is 10.2. The third-order valence-electron chi connectivity index (χ3n) is 3.62. The van der Waals surface area contributed by atoms with Crippen LogP contribution in [0.4, 0.5) is 0 Å². The van der Waals surface area contributed by atoms with Crippen molar-refractivity contribution in [3.63, 3.8) is 0 Å². The summed E-state index contributed by atoms with van der Waals surface area (Å²) in [6, 6.07) is 14.4. The molecule has 1 aromatic carbocycles. The number of aliphatic hydroxyl groups excluding tert-OH is 1. The second-order valence-corrected chi connectivity index (χ2v) is 5.87. The molecule has 0 aliphatic heterocycles. The highest BCUT2D eigenvalue weighted by Crippen LogP contribution is 2.10. The minimum absolute atomic E-state index is 0.0460. The van der Waals surface area contributed by atoms with E-state index in [1.165, 1.54) is 30.5 Å². The molecule has 0 saturated carbocycles. The lowest BCUT2D eigenvalue weighted by molar-refractivity contribution is -0.703. The molecule has 29 heavy (non-hydrogen) atoms. The van der Waals surface area contributed by atoms with Crippen molar-refractivity contribution in [1.29, 1.82) is 0 Å². The minimum Gasteiger partial charge on any atom is -0.872 e. The number of aliphatic hydroxyl groups is 1. The van der Waals surface area contributed by atoms with Crippen LogP contribution in [-0.4, -0.2) is 39.8 Å². The summed E-state index contributed by atoms with van der Waals surface area (Å²) in [6.07, 6.45) is 5.95. The SMILES string of the molecule is O=C(O)c1ccccc1[O-].O=C(OCC(O)C[n+]1ccccc1)c1cccnc1. The molecule has 3 aromatic rings. The zero-order valence-corrected chi connectivity index (χ0v) is 15.4. The van der Waals surface area contributed by atoms with Crippen LogP contribution in [0.15, 0.2) is 79.4 Å². The molecule has 1 unspecified atom stereocenters. The number of ether oxygens (including phenoxy) is 1. The van der Waals surface area contributed by atoms with Gasteiger partial charge in [0.1, 0.15) is 12.7 Å². The standard InChI is InChI=1S/C14H15N2O3.C7H6O3/c17-13(10-16-7-2-1-3-8-16)11-19-14(18)12-5-4-6-15-9-12;8-6-4-2-1-3-5(6)7(9)10/h1-9,13,17H,10-11H2;1-4,8H,(H,9,10)/q+1;/p-1. The number of rotatable bonds is 6. The average molecular weight is 396 g/mol. The van der Waals surface area contributed by atoms with Gasteiger partial charge in [-0.2, -0.15) is 0 Å². The van der Waals surface area contributed by atoms with Gasteiger partial charge in [0.2, 0.25) is 0 Å². The van der Waals surface area contributed by atoms with Crippen molar-refractivity contribution in [2.45, 2.75) is 12.6 Å². The van der Waals surface area contributed by atoms with Crippen LogP contribution in [0.5, 0.6) is 5.75 Å². The highest BCUT2D eigenvalue weighted by Gasteiger charge is 2.14. The number of pyridine rings is 2. The monoisotopic (exact) mass is 396 g/mol. The van der Waals surface area contributed by atoms with Gasteiger partial charge in [0.05, 0.1) is 11.1 Å². The Morgan fingerprint density at radius 1 is 1.07 bits per heavy atom. The van der Waals surface area contributed by atoms with Crippen LogP contribution >= 0.6 is 0 Å². The molecule has 0 aliphatic carbocycles. The largest absolute Gasteiger partial charge is 0.872 e. The number of benzene rings is 1. The predicted molar refractivity (Wildman–Crippen MR) is 100 cm³/mol. The minimum atomic E-state index is -1.18. The summed E-state index contributed by atoms with van der Waals surface area (Å²) in [7, 11) is 0. The first kappa shape index (κ1) is 21.5. The van der Waals surface area contributed by atoms with E-state index in [2.05, 4.69) is 4.98 Å². The van der Waals surface area contributed by atoms with E-state index in [0.717, 1.165) is 0 Å². The maximum atomic E-state index is 11.6. The number of hydrogen-bond acceptors (Lipinski definition) is 6. The van der Waals surface area contributed by atoms with Crippen molar-refractivity contribution < 1.29 is 34.2 Å². The number of aromatic nitrogens is 2. The van der Waals surface area contributed by atoms with E-state index in [9.17, 15) is 19.8 Å². The predicted octanol–water partition coefficient (Wildman–Crippen LogP) is 1.05. The number of carboxylic acids is 1. The van der Waals surface area contributed by atoms with Crippen LogP contribution in [0.1, 0.15) is 20.7 Å². The lowest BCUT2D eigenvalue weighted by Crippen LogP contribution is -2.41. The molecule has 2 N–H and O–H groups in total. The van der Waals surface area contributed by atoms with Crippen molar-refractivity contribution in [2.24, 2.45) is 0 Å². The normalized spacial score (nSPS) is 10.9. The molecular weight excluding hydrogens is 376 g/mol. The van der Waals surface area contributed by atoms with Crippen molar-refractivity contribution in [2.75, 3.05) is 6.61 Å². The van der Waals surface area contributed by atoms with Crippen LogP contribution in [0.2, 0.25) is 0 Å². The molecule has 0 bridgehead atoms. The first-order chi connectivity index (χ1) is 14.0. The number of hydrogen-bond donors (Lipinski definition) is 2. The van der Waals surface area contributed by atoms with E-state index in [1.54, 1.807) is 18.3 Å². The van der Waals surface area contributed by atoms with Gasteiger partial charge < -0.3 is 20.1 Å². The van der Waals surface area contributed by atoms with Gasteiger partial charge >= 0.3 is 11.9 Å². The van der Waals surface area contributed by atoms with Gasteiger partial charge in [0, 0.05) is 24.5 Å². The summed E-state index contributed by atoms with van der Waals surface area (Å²) in [6.45, 7) is 0.330. The summed E-state index contributed by atoms with van der Waals surface area (Å²) in [5.41, 5.74) is 0.199. The maximum absolute atomic E-state index is 11.6. The smallest absolute Gasteiger partial charge is 0.339 e. The summed E-state index contributed by atoms with van der Waals surface area (Å²) in [5, 5.41) is 28.8. The Morgan fingerprint density at radius 2 is 1.79 bits per heavy atom. The Bertz CT molecular complexity index is 919. The molecule has 0 radical (unpaired) electrons. The second-order valence-electron chi connectivity index (χ2n) is 5.87. The summed E-state index contributed by atoms with van der Waals surface area (Å²) >= 11 is 0. The molecule has 2 aromatic heterocycles. The number of carboxylic acid groups (broad SMARTS) is 1. The van der Waals surface area contributed by atoms with Crippen molar-refractivity contribution >= 4 is 11.9 Å². The Morgan fingerprint density at radius 3 is 2.38 bits per heavy atom. The van der Waals surface area contributed by atoms with E-state index >= 15 is 0 Å². The van der Waals surface area contributed by atoms with Crippen LogP contribution in [0.3, 0.4) is 0 Å². The maximum Gasteiger partial charge on any atom is 0.339 e. The van der Waals surface area contributed by atoms with E-state index in [0.29, 0.717) is 12.1 Å². The van der Waals surface area contributed by atoms with Crippen LogP contribution < -0.4 is 9.67 Å². The first-order valence-electron chi connectivity index (χ1n) is 8.66. The number of esters is 1. The molecule has 0 spiro atoms. The van der Waals surface area contributed by atoms with Gasteiger partial charge in [-0.3, -0.25) is 4.98 Å². The number of carbonyl (C=O) groups excluding carboxylic acids is 1. The molecule has 0 fully saturated rings. The van der Waals surface area contributed by atoms with Crippen LogP contribution in [0.25, 0.3) is 0 Å². The number of nitrogens with zero attached hydrogens (tertiary/aromatic N) is 2. The Kier molecular flexibility index (Phi) is 8.28. The Balaban J connectivity index is 0.000000253. The number of aromatic carboxylic acids is 1. The third-order valence-corrected chi connectivity index (χ3v) is 3.62. The Hall–Kier alpha value is -3.78. The molecule has 8 nitrogen and oxygen atoms in total. The van der Waals surface area contributed by atoms with E-state index in [-0.39, 0.29) is 12.2 Å². The van der Waals surface area contributed by atoms with Gasteiger partial charge in [-0.05, 0) is 18.2 Å². The summed E-state index contributed by atoms with van der Waals surface area (Å²) in [4.78, 5) is 25.7. The van der Waals surface area contributed by atoms with Gasteiger partial charge in [-0.25, -0.2) is 14.2 Å². The van der Waals surface area contributed by atoms with Gasteiger partial charge in [0.15, 0.2) is 18.9 Å². The van der Waals surface area contributed by atoms with Gasteiger partial charge in [-0.1, -0.05) is 30.0 Å². The van der Waals surface area contributed by atoms with Gasteiger partial charge in [-0.15, -0.1) is 0 Å². The zero-order chi connectivity index (χ0) is 21.1. The molecule has 2 heterocycles. The zero-order valence-electron chi connectivity index (χ0n) is 15.4. The van der Waals surface area contributed by atoms with Crippen LogP contribution in [-0.2, 0) is 11.3 Å². The fourth-order valence-corrected chi connectivity index (χ4v) is 2.23. The van der Waals surface area contributed by atoms with Crippen molar-refractivity contribution in [3.05, 3.63) is 90.5 Å². The topological polar surface area (TPSA) is 124 Å². The molecule has 0 saturated heterocycles. The Labute approximate surface area is 167 Å². The molecule has 8 heteroatoms. The lowest BCUT2D eigenvalue weighted by Gasteiger charge is -2.08. The van der Waals surface area contributed by atoms with Crippen LogP contribution in [0, 0.1) is 0 Å². The summed E-state index contributed by atoms with van der Waals surface area (Å²) in [5.74, 6) is -2.11. The first-order valence-corrected chi connectivity index (χ1v) is 8.66. The summed E-state index contributed by atoms with van der Waals surface area (Å²) < 4.78 is 6.84. The van der Waals surface area contributed by atoms with E-state index in [4.69, 9.17) is 9.84 Å². The molecule has 3 rings (SSSR count). The van der Waals surface area contributed by atoms with Crippen molar-refractivity contribution in [3.8, 4) is 5.75 Å². The third kappa shape index (κ3) is 7.39. The highest BCUT2D eigenvalue weighted by atomic mass is 16.5. The molecule has 0 aliphatic rings. The number of carbonyl (C=O) groups is 2.